The van der Waals surface area contributed by atoms with E-state index in [0.717, 1.165) is 30.6 Å². The Labute approximate surface area is 159 Å². The van der Waals surface area contributed by atoms with Crippen molar-refractivity contribution in [2.75, 3.05) is 11.9 Å². The molecule has 0 saturated heterocycles. The maximum absolute atomic E-state index is 12.8. The standard InChI is InChI=1S/C21H26N4O2/c1-15(26)24-13-11-16-6-2-5-9-18(16)19(24)14-21(27)23-20-10-12-22-25(20)17-7-3-4-8-17/h2,5-6,9-10,12,17,19H,3-4,7-8,11,13-14H2,1H3,(H,23,27). The molecule has 142 valence electrons. The number of hydrogen-bond acceptors (Lipinski definition) is 3. The summed E-state index contributed by atoms with van der Waals surface area (Å²) in [6.07, 6.45) is 7.48. The van der Waals surface area contributed by atoms with Gasteiger partial charge in [0.2, 0.25) is 11.8 Å². The van der Waals surface area contributed by atoms with Crippen molar-refractivity contribution >= 4 is 17.6 Å². The fraction of sp³-hybridized carbons (Fsp3) is 0.476. The van der Waals surface area contributed by atoms with E-state index in [1.54, 1.807) is 13.1 Å². The van der Waals surface area contributed by atoms with E-state index in [1.807, 2.05) is 33.8 Å². The topological polar surface area (TPSA) is 67.2 Å². The van der Waals surface area contributed by atoms with Gasteiger partial charge in [0.25, 0.3) is 0 Å². The van der Waals surface area contributed by atoms with Crippen molar-refractivity contribution in [1.29, 1.82) is 0 Å². The molecule has 2 aromatic rings. The van der Waals surface area contributed by atoms with Crippen LogP contribution in [0.3, 0.4) is 0 Å². The number of fused-ring (bicyclic) bond motifs is 1. The molecule has 1 aromatic heterocycles. The van der Waals surface area contributed by atoms with Crippen LogP contribution < -0.4 is 5.32 Å². The van der Waals surface area contributed by atoms with Crippen LogP contribution in [0, 0.1) is 0 Å². The Morgan fingerprint density at radius 1 is 1.19 bits per heavy atom. The summed E-state index contributed by atoms with van der Waals surface area (Å²) < 4.78 is 1.95. The lowest BCUT2D eigenvalue weighted by Crippen LogP contribution is -2.40. The van der Waals surface area contributed by atoms with Gasteiger partial charge < -0.3 is 10.2 Å². The zero-order valence-electron chi connectivity index (χ0n) is 15.7. The largest absolute Gasteiger partial charge is 0.335 e. The monoisotopic (exact) mass is 366 g/mol. The molecular formula is C21H26N4O2. The Kier molecular flexibility index (Phi) is 4.97. The molecule has 0 spiro atoms. The molecule has 2 aliphatic rings. The molecule has 1 unspecified atom stereocenters. The first-order chi connectivity index (χ1) is 13.1. The van der Waals surface area contributed by atoms with Crippen LogP contribution >= 0.6 is 0 Å². The molecule has 6 heteroatoms. The molecule has 0 radical (unpaired) electrons. The van der Waals surface area contributed by atoms with Crippen molar-refractivity contribution in [1.82, 2.24) is 14.7 Å². The molecule has 4 rings (SSSR count). The number of nitrogens with zero attached hydrogens (tertiary/aromatic N) is 3. The molecule has 6 nitrogen and oxygen atoms in total. The summed E-state index contributed by atoms with van der Waals surface area (Å²) in [4.78, 5) is 26.8. The third-order valence-corrected chi connectivity index (χ3v) is 5.80. The Morgan fingerprint density at radius 3 is 2.74 bits per heavy atom. The van der Waals surface area contributed by atoms with Crippen molar-refractivity contribution in [2.24, 2.45) is 0 Å². The Morgan fingerprint density at radius 2 is 1.96 bits per heavy atom. The smallest absolute Gasteiger partial charge is 0.227 e. The average Bonchev–Trinajstić information content (AvgIpc) is 3.33. The van der Waals surface area contributed by atoms with Crippen LogP contribution in [0.5, 0.6) is 0 Å². The lowest BCUT2D eigenvalue weighted by atomic mass is 9.90. The van der Waals surface area contributed by atoms with E-state index in [-0.39, 0.29) is 24.3 Å². The van der Waals surface area contributed by atoms with Gasteiger partial charge in [-0.05, 0) is 30.4 Å². The second-order valence-electron chi connectivity index (χ2n) is 7.53. The molecule has 27 heavy (non-hydrogen) atoms. The second kappa shape index (κ2) is 7.55. The highest BCUT2D eigenvalue weighted by Gasteiger charge is 2.31. The third kappa shape index (κ3) is 3.61. The molecule has 1 aromatic carbocycles. The molecule has 1 atom stereocenters. The van der Waals surface area contributed by atoms with Gasteiger partial charge in [-0.1, -0.05) is 37.1 Å². The number of amides is 2. The van der Waals surface area contributed by atoms with Gasteiger partial charge in [-0.15, -0.1) is 0 Å². The summed E-state index contributed by atoms with van der Waals surface area (Å²) in [5, 5.41) is 7.44. The summed E-state index contributed by atoms with van der Waals surface area (Å²) >= 11 is 0. The van der Waals surface area contributed by atoms with Gasteiger partial charge in [-0.2, -0.15) is 5.10 Å². The fourth-order valence-corrected chi connectivity index (χ4v) is 4.47. The highest BCUT2D eigenvalue weighted by atomic mass is 16.2. The minimum Gasteiger partial charge on any atom is -0.335 e. The summed E-state index contributed by atoms with van der Waals surface area (Å²) in [5.74, 6) is 0.686. The van der Waals surface area contributed by atoms with Crippen LogP contribution in [0.25, 0.3) is 0 Å². The van der Waals surface area contributed by atoms with Gasteiger partial charge in [0.05, 0.1) is 24.7 Å². The molecule has 1 aliphatic heterocycles. The van der Waals surface area contributed by atoms with Gasteiger partial charge in [0, 0.05) is 19.5 Å². The van der Waals surface area contributed by atoms with Crippen molar-refractivity contribution in [3.8, 4) is 0 Å². The summed E-state index contributed by atoms with van der Waals surface area (Å²) in [6, 6.07) is 10.1. The first kappa shape index (κ1) is 17.8. The maximum Gasteiger partial charge on any atom is 0.227 e. The van der Waals surface area contributed by atoms with Crippen LogP contribution in [0.15, 0.2) is 36.5 Å². The second-order valence-corrected chi connectivity index (χ2v) is 7.53. The predicted molar refractivity (Wildman–Crippen MR) is 103 cm³/mol. The lowest BCUT2D eigenvalue weighted by molar-refractivity contribution is -0.132. The van der Waals surface area contributed by atoms with E-state index >= 15 is 0 Å². The Hall–Kier alpha value is -2.63. The molecule has 0 bridgehead atoms. The van der Waals surface area contributed by atoms with Crippen LogP contribution in [0.1, 0.15) is 62.2 Å². The highest BCUT2D eigenvalue weighted by molar-refractivity contribution is 5.91. The maximum atomic E-state index is 12.8. The molecule has 1 aliphatic carbocycles. The van der Waals surface area contributed by atoms with E-state index in [9.17, 15) is 9.59 Å². The molecule has 2 heterocycles. The Balaban J connectivity index is 1.51. The molecule has 1 fully saturated rings. The third-order valence-electron chi connectivity index (χ3n) is 5.80. The highest BCUT2D eigenvalue weighted by Crippen LogP contribution is 2.34. The number of aromatic nitrogens is 2. The zero-order valence-corrected chi connectivity index (χ0v) is 15.7. The number of hydrogen-bond donors (Lipinski definition) is 1. The summed E-state index contributed by atoms with van der Waals surface area (Å²) in [7, 11) is 0. The van der Waals surface area contributed by atoms with Gasteiger partial charge >= 0.3 is 0 Å². The molecule has 2 amide bonds. The van der Waals surface area contributed by atoms with Gasteiger partial charge in [0.15, 0.2) is 0 Å². The summed E-state index contributed by atoms with van der Waals surface area (Å²) in [5.41, 5.74) is 2.31. The summed E-state index contributed by atoms with van der Waals surface area (Å²) in [6.45, 7) is 2.23. The quantitative estimate of drug-likeness (QED) is 0.901. The molecule has 1 N–H and O–H groups in total. The number of rotatable bonds is 4. The number of nitrogens with one attached hydrogen (secondary N) is 1. The van der Waals surface area contributed by atoms with Gasteiger partial charge in [0.1, 0.15) is 5.82 Å². The van der Waals surface area contributed by atoms with Crippen molar-refractivity contribution in [3.63, 3.8) is 0 Å². The van der Waals surface area contributed by atoms with Gasteiger partial charge in [-0.25, -0.2) is 4.68 Å². The average molecular weight is 366 g/mol. The lowest BCUT2D eigenvalue weighted by Gasteiger charge is -2.36. The van der Waals surface area contributed by atoms with E-state index in [2.05, 4.69) is 16.5 Å². The molecular weight excluding hydrogens is 340 g/mol. The van der Waals surface area contributed by atoms with Crippen molar-refractivity contribution in [3.05, 3.63) is 47.7 Å². The van der Waals surface area contributed by atoms with Crippen LogP contribution in [-0.2, 0) is 16.0 Å². The first-order valence-corrected chi connectivity index (χ1v) is 9.82. The van der Waals surface area contributed by atoms with E-state index in [1.165, 1.54) is 18.4 Å². The number of anilines is 1. The van der Waals surface area contributed by atoms with E-state index in [0.29, 0.717) is 12.6 Å². The van der Waals surface area contributed by atoms with Crippen LogP contribution in [0.2, 0.25) is 0 Å². The molecule has 1 saturated carbocycles. The van der Waals surface area contributed by atoms with Crippen molar-refractivity contribution < 1.29 is 9.59 Å². The number of benzene rings is 1. The number of carbonyl (C=O) groups is 2. The van der Waals surface area contributed by atoms with Crippen LogP contribution in [0.4, 0.5) is 5.82 Å². The number of carbonyl (C=O) groups excluding carboxylic acids is 2. The van der Waals surface area contributed by atoms with E-state index in [4.69, 9.17) is 0 Å². The Bertz CT molecular complexity index is 838. The van der Waals surface area contributed by atoms with Crippen molar-refractivity contribution in [2.45, 2.75) is 57.5 Å². The van der Waals surface area contributed by atoms with Crippen LogP contribution in [-0.4, -0.2) is 33.0 Å². The van der Waals surface area contributed by atoms with E-state index < -0.39 is 0 Å². The first-order valence-electron chi connectivity index (χ1n) is 9.82. The SMILES string of the molecule is CC(=O)N1CCc2ccccc2C1CC(=O)Nc1ccnn1C1CCCC1. The zero-order chi connectivity index (χ0) is 18.8. The predicted octanol–water partition coefficient (Wildman–Crippen LogP) is 3.47. The minimum atomic E-state index is -0.213. The normalized spacial score (nSPS) is 19.7. The minimum absolute atomic E-state index is 0.0123. The fourth-order valence-electron chi connectivity index (χ4n) is 4.47. The van der Waals surface area contributed by atoms with Gasteiger partial charge in [-0.3, -0.25) is 9.59 Å².